The zero-order valence-corrected chi connectivity index (χ0v) is 9.31. The average Bonchev–Trinajstić information content (AvgIpc) is 2.81. The highest BCUT2D eigenvalue weighted by Gasteiger charge is 2.28. The summed E-state index contributed by atoms with van der Waals surface area (Å²) in [5.41, 5.74) is 0. The first-order chi connectivity index (χ1) is 7.68. The topological polar surface area (TPSA) is 83.4 Å². The van der Waals surface area contributed by atoms with Crippen molar-refractivity contribution in [2.75, 3.05) is 13.1 Å². The second-order valence-electron chi connectivity index (χ2n) is 3.69. The van der Waals surface area contributed by atoms with E-state index in [0.717, 1.165) is 11.5 Å². The number of carboxylic acid groups (broad SMARTS) is 1. The van der Waals surface area contributed by atoms with Gasteiger partial charge in [0.05, 0.1) is 12.1 Å². The van der Waals surface area contributed by atoms with Gasteiger partial charge >= 0.3 is 5.97 Å². The Hall–Kier alpha value is -1.50. The number of carboxylic acids is 1. The van der Waals surface area contributed by atoms with Crippen molar-refractivity contribution in [3.8, 4) is 0 Å². The molecular formula is C9H11N3O3S. The zero-order valence-electron chi connectivity index (χ0n) is 8.50. The second kappa shape index (κ2) is 4.56. The molecule has 86 valence electrons. The van der Waals surface area contributed by atoms with Crippen LogP contribution in [0.2, 0.25) is 0 Å². The Morgan fingerprint density at radius 2 is 2.12 bits per heavy atom. The summed E-state index contributed by atoms with van der Waals surface area (Å²) in [5.74, 6) is -1.19. The van der Waals surface area contributed by atoms with E-state index in [4.69, 9.17) is 5.11 Å². The van der Waals surface area contributed by atoms with Gasteiger partial charge in [-0.15, -0.1) is 5.10 Å². The number of piperidine rings is 1. The SMILES string of the molecule is O=C(O)C1CCN(C(=O)c2cnns2)CC1. The summed E-state index contributed by atoms with van der Waals surface area (Å²) in [6.07, 6.45) is 2.48. The molecule has 16 heavy (non-hydrogen) atoms. The van der Waals surface area contributed by atoms with E-state index in [9.17, 15) is 9.59 Å². The molecule has 0 saturated carbocycles. The van der Waals surface area contributed by atoms with Gasteiger partial charge in [-0.2, -0.15) is 0 Å². The van der Waals surface area contributed by atoms with Crippen LogP contribution in [0.4, 0.5) is 0 Å². The highest BCUT2D eigenvalue weighted by molar-refractivity contribution is 7.07. The van der Waals surface area contributed by atoms with Crippen molar-refractivity contribution < 1.29 is 14.7 Å². The summed E-state index contributed by atoms with van der Waals surface area (Å²) in [6, 6.07) is 0. The van der Waals surface area contributed by atoms with E-state index in [-0.39, 0.29) is 11.8 Å². The standard InChI is InChI=1S/C9H11N3O3S/c13-8(7-5-10-11-16-7)12-3-1-6(2-4-12)9(14)15/h5-6H,1-4H2,(H,14,15). The largest absolute Gasteiger partial charge is 0.481 e. The Morgan fingerprint density at radius 3 is 2.62 bits per heavy atom. The van der Waals surface area contributed by atoms with Gasteiger partial charge in [-0.3, -0.25) is 9.59 Å². The van der Waals surface area contributed by atoms with Crippen molar-refractivity contribution in [2.24, 2.45) is 5.92 Å². The van der Waals surface area contributed by atoms with Crippen LogP contribution in [-0.4, -0.2) is 44.6 Å². The Balaban J connectivity index is 1.94. The number of hydrogen-bond acceptors (Lipinski definition) is 5. The lowest BCUT2D eigenvalue weighted by Gasteiger charge is -2.29. The first kappa shape index (κ1) is 11.0. The number of rotatable bonds is 2. The van der Waals surface area contributed by atoms with Crippen molar-refractivity contribution >= 4 is 23.4 Å². The minimum absolute atomic E-state index is 0.0983. The lowest BCUT2D eigenvalue weighted by atomic mass is 9.97. The van der Waals surface area contributed by atoms with Crippen molar-refractivity contribution in [1.29, 1.82) is 0 Å². The molecule has 1 aliphatic heterocycles. The smallest absolute Gasteiger partial charge is 0.306 e. The van der Waals surface area contributed by atoms with Crippen LogP contribution in [0.1, 0.15) is 22.5 Å². The molecule has 0 radical (unpaired) electrons. The zero-order chi connectivity index (χ0) is 11.5. The van der Waals surface area contributed by atoms with Crippen LogP contribution in [0.25, 0.3) is 0 Å². The maximum absolute atomic E-state index is 11.8. The summed E-state index contributed by atoms with van der Waals surface area (Å²) in [6.45, 7) is 0.988. The summed E-state index contributed by atoms with van der Waals surface area (Å²) >= 11 is 1.06. The number of hydrogen-bond donors (Lipinski definition) is 1. The molecule has 1 fully saturated rings. The minimum Gasteiger partial charge on any atom is -0.481 e. The molecular weight excluding hydrogens is 230 g/mol. The van der Waals surface area contributed by atoms with Gasteiger partial charge in [-0.25, -0.2) is 0 Å². The Labute approximate surface area is 96.0 Å². The molecule has 1 aromatic heterocycles. The van der Waals surface area contributed by atoms with Crippen LogP contribution in [0.15, 0.2) is 6.20 Å². The summed E-state index contributed by atoms with van der Waals surface area (Å²) in [5, 5.41) is 12.4. The summed E-state index contributed by atoms with van der Waals surface area (Å²) in [4.78, 5) is 24.8. The van der Waals surface area contributed by atoms with E-state index >= 15 is 0 Å². The van der Waals surface area contributed by atoms with Crippen LogP contribution in [0, 0.1) is 5.92 Å². The van der Waals surface area contributed by atoms with E-state index in [1.54, 1.807) is 4.90 Å². The van der Waals surface area contributed by atoms with Gasteiger partial charge in [0.15, 0.2) is 0 Å². The minimum atomic E-state index is -0.772. The van der Waals surface area contributed by atoms with Crippen LogP contribution < -0.4 is 0 Å². The average molecular weight is 241 g/mol. The van der Waals surface area contributed by atoms with E-state index < -0.39 is 5.97 Å². The fourth-order valence-corrected chi connectivity index (χ4v) is 2.23. The molecule has 1 N–H and O–H groups in total. The van der Waals surface area contributed by atoms with Crippen LogP contribution in [-0.2, 0) is 4.79 Å². The molecule has 1 aliphatic rings. The molecule has 0 aromatic carbocycles. The number of aliphatic carboxylic acids is 1. The predicted molar refractivity (Wildman–Crippen MR) is 56.2 cm³/mol. The molecule has 0 spiro atoms. The molecule has 1 amide bonds. The van der Waals surface area contributed by atoms with Gasteiger partial charge in [-0.1, -0.05) is 4.49 Å². The predicted octanol–water partition coefficient (Wildman–Crippen LogP) is 0.475. The third kappa shape index (κ3) is 2.19. The van der Waals surface area contributed by atoms with Gasteiger partial charge in [0.25, 0.3) is 5.91 Å². The molecule has 0 aliphatic carbocycles. The Kier molecular flexibility index (Phi) is 3.14. The number of carbonyl (C=O) groups is 2. The number of carbonyl (C=O) groups excluding carboxylic acids is 1. The monoisotopic (exact) mass is 241 g/mol. The normalized spacial score (nSPS) is 17.4. The van der Waals surface area contributed by atoms with Crippen molar-refractivity contribution in [3.63, 3.8) is 0 Å². The lowest BCUT2D eigenvalue weighted by Crippen LogP contribution is -2.39. The van der Waals surface area contributed by atoms with Gasteiger partial charge in [-0.05, 0) is 24.4 Å². The van der Waals surface area contributed by atoms with E-state index in [1.807, 2.05) is 0 Å². The number of likely N-dealkylation sites (tertiary alicyclic amines) is 1. The third-order valence-electron chi connectivity index (χ3n) is 2.70. The maximum Gasteiger partial charge on any atom is 0.306 e. The van der Waals surface area contributed by atoms with Gasteiger partial charge in [0, 0.05) is 13.1 Å². The van der Waals surface area contributed by atoms with Crippen molar-refractivity contribution in [3.05, 3.63) is 11.1 Å². The third-order valence-corrected chi connectivity index (χ3v) is 3.36. The maximum atomic E-state index is 11.8. The highest BCUT2D eigenvalue weighted by atomic mass is 32.1. The molecule has 0 unspecified atom stereocenters. The Bertz CT molecular complexity index is 385. The lowest BCUT2D eigenvalue weighted by molar-refractivity contribution is -0.143. The molecule has 2 rings (SSSR count). The summed E-state index contributed by atoms with van der Waals surface area (Å²) in [7, 11) is 0. The molecule has 7 heteroatoms. The van der Waals surface area contributed by atoms with E-state index in [1.165, 1.54) is 6.20 Å². The van der Waals surface area contributed by atoms with Gasteiger partial charge in [0.1, 0.15) is 4.88 Å². The quantitative estimate of drug-likeness (QED) is 0.814. The van der Waals surface area contributed by atoms with Gasteiger partial charge in [0.2, 0.25) is 0 Å². The Morgan fingerprint density at radius 1 is 1.44 bits per heavy atom. The van der Waals surface area contributed by atoms with Gasteiger partial charge < -0.3 is 10.0 Å². The molecule has 0 bridgehead atoms. The van der Waals surface area contributed by atoms with Crippen LogP contribution in [0.3, 0.4) is 0 Å². The first-order valence-electron chi connectivity index (χ1n) is 4.98. The molecule has 6 nitrogen and oxygen atoms in total. The van der Waals surface area contributed by atoms with E-state index in [2.05, 4.69) is 9.59 Å². The van der Waals surface area contributed by atoms with Crippen LogP contribution in [0.5, 0.6) is 0 Å². The first-order valence-corrected chi connectivity index (χ1v) is 5.75. The molecule has 1 saturated heterocycles. The van der Waals surface area contributed by atoms with Crippen LogP contribution >= 0.6 is 11.5 Å². The highest BCUT2D eigenvalue weighted by Crippen LogP contribution is 2.19. The molecule has 1 aromatic rings. The molecule has 0 atom stereocenters. The van der Waals surface area contributed by atoms with Crippen molar-refractivity contribution in [1.82, 2.24) is 14.5 Å². The fourth-order valence-electron chi connectivity index (χ4n) is 1.75. The number of aromatic nitrogens is 2. The molecule has 2 heterocycles. The van der Waals surface area contributed by atoms with E-state index in [0.29, 0.717) is 30.8 Å². The number of nitrogens with zero attached hydrogens (tertiary/aromatic N) is 3. The second-order valence-corrected chi connectivity index (χ2v) is 4.47. The summed E-state index contributed by atoms with van der Waals surface area (Å²) < 4.78 is 3.63. The van der Waals surface area contributed by atoms with Crippen molar-refractivity contribution in [2.45, 2.75) is 12.8 Å². The fraction of sp³-hybridized carbons (Fsp3) is 0.556. The number of amides is 1.